The number of amidine groups is 1. The maximum Gasteiger partial charge on any atom is 0.394 e. The molecule has 5 heterocycles. The smallest absolute Gasteiger partial charge is 0.394 e. The zero-order chi connectivity index (χ0) is 38.7. The number of aliphatic imine (C=N–C) groups is 1. The Bertz CT molecular complexity index is 1870. The molecule has 24 nitrogen and oxygen atoms in total. The second kappa shape index (κ2) is 15.7. The third-order valence-electron chi connectivity index (χ3n) is 7.43. The summed E-state index contributed by atoms with van der Waals surface area (Å²) in [6, 6.07) is -1.14. The van der Waals surface area contributed by atoms with Crippen LogP contribution in [-0.4, -0.2) is 154 Å². The van der Waals surface area contributed by atoms with Gasteiger partial charge in [-0.25, -0.2) is 9.59 Å². The summed E-state index contributed by atoms with van der Waals surface area (Å²) in [5.74, 6) is -3.90. The van der Waals surface area contributed by atoms with E-state index in [1.165, 1.54) is 25.6 Å². The van der Waals surface area contributed by atoms with Crippen LogP contribution < -0.4 is 22.5 Å². The monoisotopic (exact) mass is 789 g/mol. The number of hydrogen-bond acceptors (Lipinski definition) is 18. The van der Waals surface area contributed by atoms with Crippen molar-refractivity contribution in [2.24, 2.45) is 21.6 Å². The number of carboxylic acid groups (broad SMARTS) is 2. The number of amides is 2. The van der Waals surface area contributed by atoms with Gasteiger partial charge in [0.1, 0.15) is 22.8 Å². The Hall–Kier alpha value is -5.09. The molecule has 52 heavy (non-hydrogen) atoms. The highest BCUT2D eigenvalue weighted by Crippen LogP contribution is 2.41. The van der Waals surface area contributed by atoms with Gasteiger partial charge in [-0.3, -0.25) is 44.0 Å². The van der Waals surface area contributed by atoms with Gasteiger partial charge in [0, 0.05) is 30.0 Å². The van der Waals surface area contributed by atoms with Crippen molar-refractivity contribution in [3.63, 3.8) is 0 Å². The first-order valence-corrected chi connectivity index (χ1v) is 18.1. The van der Waals surface area contributed by atoms with E-state index in [2.05, 4.69) is 24.8 Å². The molecule has 0 unspecified atom stereocenters. The van der Waals surface area contributed by atoms with Crippen LogP contribution in [0.2, 0.25) is 0 Å². The van der Waals surface area contributed by atoms with Crippen LogP contribution in [0.3, 0.4) is 0 Å². The molecular weight excluding hydrogens is 755 g/mol. The van der Waals surface area contributed by atoms with E-state index >= 15 is 0 Å². The zero-order valence-electron chi connectivity index (χ0n) is 27.4. The standard InChI is InChI=1S/C25H33N13O7S2.H2O4S/c1-25(2,22(43)44)45-33-13(16-32-24(29)47-34-16)18(39)31-14-19(40)38-15(21(41)42)11(10-46-20(14)38)8-35-9-12(17-30-5-7-37(17)35)36(23(27)28)6-3-4-26;1-5(2,3)4/h9,14,20H,3-8,10,26H2,1-2H3,(H3,27,28)(H,31,39)(H,41,42)(H,43,44)(H2,29,32,34);(H2,1,2,3,4)/t14-,20-;/m1./s1. The number of carboxylic acids is 2. The number of rotatable bonds is 13. The summed E-state index contributed by atoms with van der Waals surface area (Å²) < 4.78 is 35.5. The zero-order valence-corrected chi connectivity index (χ0v) is 29.8. The van der Waals surface area contributed by atoms with Gasteiger partial charge >= 0.3 is 22.3 Å². The number of hydrazine groups is 1. The second-order valence-corrected chi connectivity index (χ2v) is 14.3. The van der Waals surface area contributed by atoms with E-state index in [-0.39, 0.29) is 34.9 Å². The molecule has 0 aliphatic carbocycles. The van der Waals surface area contributed by atoms with E-state index in [0.29, 0.717) is 49.7 Å². The Labute approximate surface area is 303 Å². The fourth-order valence-corrected chi connectivity index (χ4v) is 6.81. The Kier molecular flexibility index (Phi) is 11.9. The number of β-lactam (4-membered cyclic amide) rings is 1. The molecule has 12 N–H and O–H groups in total. The van der Waals surface area contributed by atoms with E-state index in [0.717, 1.165) is 16.4 Å². The summed E-state index contributed by atoms with van der Waals surface area (Å²) >= 11 is 2.02. The first kappa shape index (κ1) is 39.7. The molecular formula is C25H35N13O11S3. The number of nitrogens with one attached hydrogen (secondary N) is 2. The molecule has 4 aliphatic heterocycles. The summed E-state index contributed by atoms with van der Waals surface area (Å²) in [4.78, 5) is 67.0. The second-order valence-electron chi connectivity index (χ2n) is 11.5. The summed E-state index contributed by atoms with van der Waals surface area (Å²) in [6.45, 7) is 4.36. The molecule has 1 aromatic heterocycles. The van der Waals surface area contributed by atoms with Crippen LogP contribution >= 0.6 is 23.3 Å². The van der Waals surface area contributed by atoms with Crippen LogP contribution in [0.4, 0.5) is 5.13 Å². The molecule has 5 rings (SSSR count). The topological polar surface area (TPSA) is 370 Å². The molecule has 2 amide bonds. The Balaban J connectivity index is 0.00000113. The summed E-state index contributed by atoms with van der Waals surface area (Å²) in [6.07, 6.45) is 2.33. The highest BCUT2D eigenvalue weighted by atomic mass is 32.3. The molecule has 1 aromatic rings. The highest BCUT2D eigenvalue weighted by Gasteiger charge is 2.55. The number of carbonyl (C=O) groups excluding carboxylic acids is 2. The van der Waals surface area contributed by atoms with Crippen LogP contribution in [0, 0.1) is 5.41 Å². The number of aromatic nitrogens is 2. The van der Waals surface area contributed by atoms with Gasteiger partial charge in [0.2, 0.25) is 17.1 Å². The van der Waals surface area contributed by atoms with Gasteiger partial charge in [-0.2, -0.15) is 17.8 Å². The molecule has 0 radical (unpaired) electrons. The molecule has 1 fully saturated rings. The lowest BCUT2D eigenvalue weighted by atomic mass is 10.0. The summed E-state index contributed by atoms with van der Waals surface area (Å²) in [5, 5.41) is 36.8. The minimum Gasteiger partial charge on any atom is -0.478 e. The SMILES string of the molecule is CC(C)(ON=C(C(=O)N[C@@H]1C(=O)N2C(C(=O)O)=C(CN3C=C(N(CCCN)C(=N)N)C4=NCCN43)CS[C@H]12)c1nsc(N)n1)C(=O)O.O=S(=O)(O)O. The van der Waals surface area contributed by atoms with Crippen molar-refractivity contribution in [3.05, 3.63) is 29.0 Å². The predicted octanol–water partition coefficient (Wildman–Crippen LogP) is -2.88. The Morgan fingerprint density at radius 1 is 1.27 bits per heavy atom. The van der Waals surface area contributed by atoms with Crippen LogP contribution in [0.15, 0.2) is 33.3 Å². The number of hydrogen-bond donors (Lipinski definition) is 9. The summed E-state index contributed by atoms with van der Waals surface area (Å²) in [5.41, 5.74) is 15.7. The number of fused-ring (bicyclic) bond motifs is 2. The summed E-state index contributed by atoms with van der Waals surface area (Å²) in [7, 11) is -4.67. The molecule has 27 heteroatoms. The minimum atomic E-state index is -4.67. The average molecular weight is 790 g/mol. The van der Waals surface area contributed by atoms with Crippen molar-refractivity contribution in [3.8, 4) is 0 Å². The average Bonchev–Trinajstić information content (AvgIpc) is 3.77. The normalized spacial score (nSPS) is 19.8. The van der Waals surface area contributed by atoms with Gasteiger partial charge in [0.25, 0.3) is 11.8 Å². The molecule has 0 aromatic carbocycles. The number of oxime groups is 1. The molecule has 1 saturated heterocycles. The van der Waals surface area contributed by atoms with Crippen LogP contribution in [0.1, 0.15) is 26.1 Å². The minimum absolute atomic E-state index is 0.00680. The number of guanidine groups is 1. The van der Waals surface area contributed by atoms with Crippen LogP contribution in [0.5, 0.6) is 0 Å². The quantitative estimate of drug-likeness (QED) is 0.0318. The van der Waals surface area contributed by atoms with Gasteiger partial charge in [-0.15, -0.1) is 11.8 Å². The number of carbonyl (C=O) groups is 4. The van der Waals surface area contributed by atoms with Crippen molar-refractivity contribution >= 4 is 80.1 Å². The van der Waals surface area contributed by atoms with Crippen molar-refractivity contribution in [2.75, 3.05) is 44.2 Å². The molecule has 0 bridgehead atoms. The number of nitrogens with zero attached hydrogens (tertiary/aromatic N) is 8. The fraction of sp³-hybridized carbons (Fsp3) is 0.480. The molecule has 4 aliphatic rings. The van der Waals surface area contributed by atoms with E-state index < -0.39 is 56.9 Å². The first-order valence-electron chi connectivity index (χ1n) is 14.9. The number of nitrogens with two attached hydrogens (primary N) is 3. The van der Waals surface area contributed by atoms with Gasteiger partial charge in [0.05, 0.1) is 19.6 Å². The maximum absolute atomic E-state index is 13.4. The number of nitrogen functional groups attached to an aromatic ring is 1. The van der Waals surface area contributed by atoms with E-state index in [1.54, 1.807) is 16.1 Å². The van der Waals surface area contributed by atoms with Crippen molar-refractivity contribution in [1.82, 2.24) is 34.5 Å². The largest absolute Gasteiger partial charge is 0.478 e. The number of anilines is 1. The lowest BCUT2D eigenvalue weighted by Gasteiger charge is -2.49. The van der Waals surface area contributed by atoms with Crippen molar-refractivity contribution in [1.29, 1.82) is 5.41 Å². The van der Waals surface area contributed by atoms with Crippen molar-refractivity contribution in [2.45, 2.75) is 37.3 Å². The van der Waals surface area contributed by atoms with E-state index in [9.17, 15) is 29.4 Å². The molecule has 2 atom stereocenters. The van der Waals surface area contributed by atoms with Gasteiger partial charge in [-0.1, -0.05) is 5.16 Å². The van der Waals surface area contributed by atoms with Crippen molar-refractivity contribution < 1.29 is 51.8 Å². The number of aliphatic carboxylic acids is 2. The van der Waals surface area contributed by atoms with Gasteiger partial charge in [0.15, 0.2) is 16.9 Å². The Morgan fingerprint density at radius 2 is 1.94 bits per heavy atom. The van der Waals surface area contributed by atoms with E-state index in [4.69, 9.17) is 45.0 Å². The molecule has 0 spiro atoms. The molecule has 284 valence electrons. The first-order chi connectivity index (χ1) is 24.2. The maximum atomic E-state index is 13.4. The highest BCUT2D eigenvalue weighted by molar-refractivity contribution is 8.00. The molecule has 0 saturated carbocycles. The lowest BCUT2D eigenvalue weighted by Crippen LogP contribution is -2.71. The van der Waals surface area contributed by atoms with E-state index in [1.807, 2.05) is 5.01 Å². The predicted molar refractivity (Wildman–Crippen MR) is 184 cm³/mol. The van der Waals surface area contributed by atoms with Gasteiger partial charge < -0.3 is 42.5 Å². The fourth-order valence-electron chi connectivity index (χ4n) is 5.04. The Morgan fingerprint density at radius 3 is 2.50 bits per heavy atom. The number of thioether (sulfide) groups is 1. The van der Waals surface area contributed by atoms with Gasteiger partial charge in [-0.05, 0) is 32.4 Å². The lowest BCUT2D eigenvalue weighted by molar-refractivity contribution is -0.161. The third-order valence-corrected chi connectivity index (χ3v) is 9.32. The van der Waals surface area contributed by atoms with Crippen LogP contribution in [0.25, 0.3) is 0 Å². The third kappa shape index (κ3) is 8.85. The van der Waals surface area contributed by atoms with Crippen LogP contribution in [-0.2, 0) is 34.4 Å².